The van der Waals surface area contributed by atoms with E-state index in [2.05, 4.69) is 49.1 Å². The van der Waals surface area contributed by atoms with E-state index in [9.17, 15) is 15.0 Å². The second kappa shape index (κ2) is 10.3. The smallest absolute Gasteiger partial charge is 0.271 e. The molecule has 1 aromatic carbocycles. The molecule has 1 fully saturated rings. The molecule has 2 heterocycles. The molecule has 1 saturated heterocycles. The van der Waals surface area contributed by atoms with Gasteiger partial charge in [0.1, 0.15) is 11.2 Å². The van der Waals surface area contributed by atoms with Crippen molar-refractivity contribution in [3.05, 3.63) is 71.6 Å². The summed E-state index contributed by atoms with van der Waals surface area (Å²) >= 11 is 0. The standard InChI is InChI=1S/C31H38N2O4/c1-6-21(2)18-32-22(3)28(36)33-27-8-7-24(15-26(27)23-9-11-29(4,5)12-10-23)25-16-30(19-34)13-14-31(17-25,20-35)37-30/h1,7-9,13-15,18,25,32,34-35H,3,10-12,16-17,19-20H2,2,4-5H3,(H,33,36)/b21-18+/t25-,30-,31+. The Hall–Kier alpha value is -3.11. The van der Waals surface area contributed by atoms with Gasteiger partial charge in [0, 0.05) is 23.0 Å². The number of carbonyl (C=O) groups excluding carboxylic acids is 1. The second-order valence-electron chi connectivity index (χ2n) is 11.4. The van der Waals surface area contributed by atoms with E-state index in [4.69, 9.17) is 11.2 Å². The third kappa shape index (κ3) is 5.75. The summed E-state index contributed by atoms with van der Waals surface area (Å²) in [6.45, 7) is 9.90. The van der Waals surface area contributed by atoms with Gasteiger partial charge in [0.25, 0.3) is 5.91 Å². The van der Waals surface area contributed by atoms with Gasteiger partial charge in [0.05, 0.1) is 18.9 Å². The fraction of sp³-hybridized carbons (Fsp3) is 0.452. The minimum absolute atomic E-state index is 0.0840. The average Bonchev–Trinajstić information content (AvgIpc) is 3.18. The number of amides is 1. The van der Waals surface area contributed by atoms with Crippen molar-refractivity contribution in [3.8, 4) is 12.3 Å². The van der Waals surface area contributed by atoms with Gasteiger partial charge in [-0.25, -0.2) is 0 Å². The highest BCUT2D eigenvalue weighted by atomic mass is 16.5. The number of benzene rings is 1. The Morgan fingerprint density at radius 3 is 2.49 bits per heavy atom. The summed E-state index contributed by atoms with van der Waals surface area (Å²) in [5.74, 6) is 2.25. The van der Waals surface area contributed by atoms with Gasteiger partial charge in [-0.3, -0.25) is 4.79 Å². The summed E-state index contributed by atoms with van der Waals surface area (Å²) < 4.78 is 6.13. The summed E-state index contributed by atoms with van der Waals surface area (Å²) in [6, 6.07) is 6.13. The molecule has 0 unspecified atom stereocenters. The first-order valence-electron chi connectivity index (χ1n) is 12.9. The molecule has 0 aromatic heterocycles. The first-order chi connectivity index (χ1) is 17.5. The van der Waals surface area contributed by atoms with Gasteiger partial charge in [-0.2, -0.15) is 0 Å². The molecule has 0 spiro atoms. The minimum atomic E-state index is -0.778. The van der Waals surface area contributed by atoms with Gasteiger partial charge in [-0.15, -0.1) is 6.42 Å². The number of aliphatic hydroxyl groups is 2. The fourth-order valence-electron chi connectivity index (χ4n) is 5.45. The van der Waals surface area contributed by atoms with Crippen molar-refractivity contribution in [3.63, 3.8) is 0 Å². The van der Waals surface area contributed by atoms with E-state index in [0.29, 0.717) is 18.4 Å². The van der Waals surface area contributed by atoms with Gasteiger partial charge in [0.15, 0.2) is 0 Å². The molecule has 37 heavy (non-hydrogen) atoms. The van der Waals surface area contributed by atoms with E-state index in [1.807, 2.05) is 24.3 Å². The van der Waals surface area contributed by atoms with Crippen molar-refractivity contribution in [2.75, 3.05) is 18.5 Å². The van der Waals surface area contributed by atoms with Crippen LogP contribution in [0.2, 0.25) is 0 Å². The largest absolute Gasteiger partial charge is 0.393 e. The fourth-order valence-corrected chi connectivity index (χ4v) is 5.45. The number of allylic oxidation sites excluding steroid dienone is 3. The van der Waals surface area contributed by atoms with E-state index in [1.54, 1.807) is 13.1 Å². The van der Waals surface area contributed by atoms with Crippen LogP contribution in [0.25, 0.3) is 5.57 Å². The zero-order chi connectivity index (χ0) is 26.8. The molecule has 4 N–H and O–H groups in total. The summed E-state index contributed by atoms with van der Waals surface area (Å²) in [6.07, 6.45) is 17.2. The van der Waals surface area contributed by atoms with Crippen LogP contribution in [-0.4, -0.2) is 40.5 Å². The van der Waals surface area contributed by atoms with Crippen LogP contribution < -0.4 is 10.6 Å². The number of fused-ring (bicyclic) bond motifs is 2. The maximum atomic E-state index is 12.9. The minimum Gasteiger partial charge on any atom is -0.393 e. The van der Waals surface area contributed by atoms with E-state index >= 15 is 0 Å². The van der Waals surface area contributed by atoms with Crippen molar-refractivity contribution in [2.45, 2.75) is 70.0 Å². The molecule has 6 nitrogen and oxygen atoms in total. The van der Waals surface area contributed by atoms with Crippen LogP contribution in [0.5, 0.6) is 0 Å². The van der Waals surface area contributed by atoms with Gasteiger partial charge >= 0.3 is 0 Å². The number of nitrogens with one attached hydrogen (secondary N) is 2. The molecule has 1 aliphatic carbocycles. The van der Waals surface area contributed by atoms with Gasteiger partial charge in [-0.1, -0.05) is 50.6 Å². The second-order valence-corrected chi connectivity index (χ2v) is 11.4. The van der Waals surface area contributed by atoms with Crippen LogP contribution in [0.1, 0.15) is 69.9 Å². The number of carbonyl (C=O) groups is 1. The topological polar surface area (TPSA) is 90.8 Å². The molecule has 0 saturated carbocycles. The van der Waals surface area contributed by atoms with Crippen LogP contribution in [0, 0.1) is 17.8 Å². The highest BCUT2D eigenvalue weighted by molar-refractivity contribution is 6.04. The average molecular weight is 503 g/mol. The number of anilines is 1. The molecule has 1 amide bonds. The van der Waals surface area contributed by atoms with E-state index in [0.717, 1.165) is 36.1 Å². The van der Waals surface area contributed by atoms with E-state index < -0.39 is 11.2 Å². The predicted octanol–water partition coefficient (Wildman–Crippen LogP) is 4.78. The Morgan fingerprint density at radius 2 is 1.92 bits per heavy atom. The molecule has 3 atom stereocenters. The predicted molar refractivity (Wildman–Crippen MR) is 147 cm³/mol. The highest BCUT2D eigenvalue weighted by Gasteiger charge is 2.51. The number of rotatable bonds is 8. The van der Waals surface area contributed by atoms with Crippen LogP contribution in [0.3, 0.4) is 0 Å². The SMILES string of the molecule is C#C/C(C)=C/NC(=C)C(=O)Nc1ccc([C@@H]2C[C@@]3(CO)C=C[C@@](CO)(C2)O3)cc1C1=CCC(C)(C)CC1. The molecule has 196 valence electrons. The first-order valence-corrected chi connectivity index (χ1v) is 12.9. The Kier molecular flexibility index (Phi) is 7.52. The number of hydrogen-bond donors (Lipinski definition) is 4. The Morgan fingerprint density at radius 1 is 1.24 bits per heavy atom. The van der Waals surface area contributed by atoms with Crippen molar-refractivity contribution < 1.29 is 19.7 Å². The summed E-state index contributed by atoms with van der Waals surface area (Å²) in [7, 11) is 0. The highest BCUT2D eigenvalue weighted by Crippen LogP contribution is 2.50. The third-order valence-corrected chi connectivity index (χ3v) is 7.86. The van der Waals surface area contributed by atoms with Gasteiger partial charge in [-0.05, 0) is 73.6 Å². The summed E-state index contributed by atoms with van der Waals surface area (Å²) in [5, 5.41) is 26.1. The molecule has 4 rings (SSSR count). The molecule has 6 heteroatoms. The van der Waals surface area contributed by atoms with Crippen molar-refractivity contribution in [1.29, 1.82) is 0 Å². The Bertz CT molecular complexity index is 1200. The lowest BCUT2D eigenvalue weighted by Crippen LogP contribution is -2.48. The zero-order valence-electron chi connectivity index (χ0n) is 22.1. The van der Waals surface area contributed by atoms with Crippen molar-refractivity contribution in [1.82, 2.24) is 5.32 Å². The maximum Gasteiger partial charge on any atom is 0.271 e. The number of hydrogen-bond acceptors (Lipinski definition) is 5. The van der Waals surface area contributed by atoms with Crippen LogP contribution >= 0.6 is 0 Å². The molecule has 1 aromatic rings. The van der Waals surface area contributed by atoms with Crippen molar-refractivity contribution in [2.24, 2.45) is 5.41 Å². The molecule has 2 aliphatic heterocycles. The van der Waals surface area contributed by atoms with E-state index in [1.165, 1.54) is 5.57 Å². The monoisotopic (exact) mass is 502 g/mol. The molecule has 3 aliphatic rings. The number of ether oxygens (including phenoxy) is 1. The lowest BCUT2D eigenvalue weighted by atomic mass is 9.75. The normalized spacial score (nSPS) is 28.3. The Balaban J connectivity index is 1.65. The molecule has 2 bridgehead atoms. The maximum absolute atomic E-state index is 12.9. The molecular weight excluding hydrogens is 464 g/mol. The third-order valence-electron chi connectivity index (χ3n) is 7.86. The lowest BCUT2D eigenvalue weighted by Gasteiger charge is -2.43. The zero-order valence-corrected chi connectivity index (χ0v) is 22.1. The number of aliphatic hydroxyl groups excluding tert-OH is 2. The van der Waals surface area contributed by atoms with Gasteiger partial charge < -0.3 is 25.6 Å². The van der Waals surface area contributed by atoms with Crippen LogP contribution in [0.15, 0.2) is 60.5 Å². The first kappa shape index (κ1) is 26.9. The van der Waals surface area contributed by atoms with Gasteiger partial charge in [0.2, 0.25) is 0 Å². The quantitative estimate of drug-likeness (QED) is 0.233. The van der Waals surface area contributed by atoms with Crippen LogP contribution in [0.4, 0.5) is 5.69 Å². The summed E-state index contributed by atoms with van der Waals surface area (Å²) in [5.41, 5.74) is 3.58. The lowest BCUT2D eigenvalue weighted by molar-refractivity contribution is -0.163. The van der Waals surface area contributed by atoms with E-state index in [-0.39, 0.29) is 36.2 Å². The van der Waals surface area contributed by atoms with Crippen LogP contribution in [-0.2, 0) is 9.53 Å². The molecule has 0 radical (unpaired) electrons. The summed E-state index contributed by atoms with van der Waals surface area (Å²) in [4.78, 5) is 12.9. The van der Waals surface area contributed by atoms with Crippen molar-refractivity contribution >= 4 is 17.2 Å². The molecular formula is C31H38N2O4. The number of terminal acetylenes is 1. The Labute approximate surface area is 220 Å².